The van der Waals surface area contributed by atoms with Gasteiger partial charge in [-0.05, 0) is 56.1 Å². The van der Waals surface area contributed by atoms with E-state index >= 15 is 0 Å². The SMILES string of the molecule is CCCN1C[C@@H](C)[C@@H](OC)CN(C)C(=O)c2cc(NC(=O)Nc3ccccc3F)ccc2OC[C@H]1C. The van der Waals surface area contributed by atoms with Crippen molar-refractivity contribution in [1.29, 1.82) is 0 Å². The second-order valence-electron chi connectivity index (χ2n) is 9.36. The van der Waals surface area contributed by atoms with E-state index in [2.05, 4.69) is 36.3 Å². The third-order valence-electron chi connectivity index (χ3n) is 6.46. The summed E-state index contributed by atoms with van der Waals surface area (Å²) in [5.41, 5.74) is 0.779. The summed E-state index contributed by atoms with van der Waals surface area (Å²) >= 11 is 0. The Morgan fingerprint density at radius 3 is 2.61 bits per heavy atom. The number of hydrogen-bond acceptors (Lipinski definition) is 5. The minimum Gasteiger partial charge on any atom is -0.491 e. The first-order valence-corrected chi connectivity index (χ1v) is 12.3. The molecule has 9 heteroatoms. The number of hydrogen-bond donors (Lipinski definition) is 2. The van der Waals surface area contributed by atoms with Crippen LogP contribution in [0.25, 0.3) is 0 Å². The van der Waals surface area contributed by atoms with Gasteiger partial charge in [0.25, 0.3) is 5.91 Å². The summed E-state index contributed by atoms with van der Waals surface area (Å²) in [6.45, 7) is 9.01. The third-order valence-corrected chi connectivity index (χ3v) is 6.46. The first-order valence-electron chi connectivity index (χ1n) is 12.3. The van der Waals surface area contributed by atoms with Crippen molar-refractivity contribution in [2.75, 3.05) is 51.0 Å². The second kappa shape index (κ2) is 12.7. The van der Waals surface area contributed by atoms with Crippen LogP contribution in [0.1, 0.15) is 37.6 Å². The Kier molecular flexibility index (Phi) is 9.66. The van der Waals surface area contributed by atoms with Gasteiger partial charge in [0, 0.05) is 39.0 Å². The van der Waals surface area contributed by atoms with Gasteiger partial charge in [0.15, 0.2) is 0 Å². The van der Waals surface area contributed by atoms with Gasteiger partial charge in [0.2, 0.25) is 0 Å². The Morgan fingerprint density at radius 2 is 1.92 bits per heavy atom. The van der Waals surface area contributed by atoms with Crippen LogP contribution in [-0.2, 0) is 4.74 Å². The molecule has 2 N–H and O–H groups in total. The number of amides is 3. The maximum atomic E-state index is 13.9. The molecule has 0 unspecified atom stereocenters. The van der Waals surface area contributed by atoms with Crippen molar-refractivity contribution in [3.63, 3.8) is 0 Å². The number of nitrogens with zero attached hydrogens (tertiary/aromatic N) is 2. The summed E-state index contributed by atoms with van der Waals surface area (Å²) in [4.78, 5) is 29.9. The van der Waals surface area contributed by atoms with Gasteiger partial charge >= 0.3 is 6.03 Å². The van der Waals surface area contributed by atoms with Crippen LogP contribution in [0.5, 0.6) is 5.75 Å². The van der Waals surface area contributed by atoms with Crippen LogP contribution >= 0.6 is 0 Å². The maximum Gasteiger partial charge on any atom is 0.323 e. The van der Waals surface area contributed by atoms with Crippen LogP contribution in [0.15, 0.2) is 42.5 Å². The molecular formula is C27H37FN4O4. The largest absolute Gasteiger partial charge is 0.491 e. The summed E-state index contributed by atoms with van der Waals surface area (Å²) < 4.78 is 25.8. The summed E-state index contributed by atoms with van der Waals surface area (Å²) in [7, 11) is 3.40. The van der Waals surface area contributed by atoms with Crippen molar-refractivity contribution in [3.8, 4) is 5.75 Å². The van der Waals surface area contributed by atoms with Gasteiger partial charge in [-0.25, -0.2) is 9.18 Å². The van der Waals surface area contributed by atoms with Crippen molar-refractivity contribution in [1.82, 2.24) is 9.80 Å². The van der Waals surface area contributed by atoms with E-state index in [0.29, 0.717) is 30.2 Å². The number of rotatable bonds is 5. The topological polar surface area (TPSA) is 83.1 Å². The lowest BCUT2D eigenvalue weighted by atomic mass is 10.0. The van der Waals surface area contributed by atoms with Gasteiger partial charge in [0.1, 0.15) is 18.2 Å². The molecule has 0 spiro atoms. The number of carbonyl (C=O) groups is 2. The molecule has 1 aliphatic heterocycles. The lowest BCUT2D eigenvalue weighted by Gasteiger charge is -2.35. The average Bonchev–Trinajstić information content (AvgIpc) is 2.86. The molecule has 196 valence electrons. The Balaban J connectivity index is 1.87. The molecule has 2 aromatic rings. The number of fused-ring (bicyclic) bond motifs is 1. The van der Waals surface area contributed by atoms with E-state index in [-0.39, 0.29) is 29.7 Å². The number of ether oxygens (including phenoxy) is 2. The van der Waals surface area contributed by atoms with Crippen LogP contribution in [0.2, 0.25) is 0 Å². The number of halogens is 1. The van der Waals surface area contributed by atoms with Gasteiger partial charge in [-0.3, -0.25) is 9.69 Å². The van der Waals surface area contributed by atoms with E-state index in [1.165, 1.54) is 12.1 Å². The Hall–Kier alpha value is -3.17. The lowest BCUT2D eigenvalue weighted by Crippen LogP contribution is -2.46. The number of methoxy groups -OCH3 is 1. The highest BCUT2D eigenvalue weighted by Crippen LogP contribution is 2.27. The third kappa shape index (κ3) is 6.95. The number of carbonyl (C=O) groups excluding carboxylic acids is 2. The van der Waals surface area contributed by atoms with Crippen molar-refractivity contribution in [3.05, 3.63) is 53.8 Å². The van der Waals surface area contributed by atoms with E-state index in [1.807, 2.05) is 0 Å². The molecule has 8 nitrogen and oxygen atoms in total. The molecule has 1 heterocycles. The molecule has 0 saturated carbocycles. The van der Waals surface area contributed by atoms with Crippen LogP contribution in [0.3, 0.4) is 0 Å². The van der Waals surface area contributed by atoms with Crippen LogP contribution in [0.4, 0.5) is 20.6 Å². The maximum absolute atomic E-state index is 13.9. The highest BCUT2D eigenvalue weighted by molar-refractivity contribution is 6.02. The van der Waals surface area contributed by atoms with Crippen molar-refractivity contribution in [2.45, 2.75) is 39.3 Å². The van der Waals surface area contributed by atoms with E-state index in [4.69, 9.17) is 9.47 Å². The molecule has 3 atom stereocenters. The fourth-order valence-corrected chi connectivity index (χ4v) is 4.38. The van der Waals surface area contributed by atoms with Crippen molar-refractivity contribution >= 4 is 23.3 Å². The van der Waals surface area contributed by atoms with E-state index in [9.17, 15) is 14.0 Å². The molecule has 1 aliphatic rings. The number of benzene rings is 2. The van der Waals surface area contributed by atoms with E-state index in [0.717, 1.165) is 19.5 Å². The number of para-hydroxylation sites is 1. The number of anilines is 2. The van der Waals surface area contributed by atoms with Gasteiger partial charge in [0.05, 0.1) is 17.4 Å². The Morgan fingerprint density at radius 1 is 1.17 bits per heavy atom. The quantitative estimate of drug-likeness (QED) is 0.623. The Labute approximate surface area is 212 Å². The summed E-state index contributed by atoms with van der Waals surface area (Å²) in [5, 5.41) is 5.15. The smallest absolute Gasteiger partial charge is 0.323 e. The molecule has 3 rings (SSSR count). The second-order valence-corrected chi connectivity index (χ2v) is 9.36. The number of nitrogens with one attached hydrogen (secondary N) is 2. The lowest BCUT2D eigenvalue weighted by molar-refractivity contribution is 0.0108. The van der Waals surface area contributed by atoms with Crippen LogP contribution in [0, 0.1) is 11.7 Å². The molecule has 3 amide bonds. The molecule has 0 radical (unpaired) electrons. The normalized spacial score (nSPS) is 21.6. The highest BCUT2D eigenvalue weighted by Gasteiger charge is 2.28. The molecule has 36 heavy (non-hydrogen) atoms. The number of likely N-dealkylation sites (N-methyl/N-ethyl adjacent to an activating group) is 1. The summed E-state index contributed by atoms with van der Waals surface area (Å²) in [6, 6.07) is 10.3. The molecular weight excluding hydrogens is 463 g/mol. The first-order chi connectivity index (χ1) is 17.2. The van der Waals surface area contributed by atoms with Crippen molar-refractivity contribution < 1.29 is 23.5 Å². The van der Waals surface area contributed by atoms with Crippen LogP contribution < -0.4 is 15.4 Å². The Bertz CT molecular complexity index is 1050. The minimum absolute atomic E-state index is 0.0609. The predicted molar refractivity (Wildman–Crippen MR) is 139 cm³/mol. The zero-order valence-electron chi connectivity index (χ0n) is 21.7. The molecule has 0 aliphatic carbocycles. The fraction of sp³-hybridized carbons (Fsp3) is 0.481. The van der Waals surface area contributed by atoms with E-state index in [1.54, 1.807) is 49.4 Å². The van der Waals surface area contributed by atoms with E-state index < -0.39 is 11.8 Å². The standard InChI is InChI=1S/C27H37FN4O4/c1-6-13-32-15-18(2)25(35-5)16-31(4)26(33)21-14-20(11-12-24(21)36-17-19(32)3)29-27(34)30-23-10-8-7-9-22(23)28/h7-12,14,18-19,25H,6,13,15-17H2,1-5H3,(H2,29,30,34)/t18-,19-,25+/m1/s1. The summed E-state index contributed by atoms with van der Waals surface area (Å²) in [5.74, 6) is -0.134. The van der Waals surface area contributed by atoms with Crippen LogP contribution in [-0.4, -0.2) is 74.3 Å². The molecule has 0 fully saturated rings. The summed E-state index contributed by atoms with van der Waals surface area (Å²) in [6.07, 6.45) is 0.885. The van der Waals surface area contributed by atoms with Gasteiger partial charge in [-0.15, -0.1) is 0 Å². The van der Waals surface area contributed by atoms with Crippen molar-refractivity contribution in [2.24, 2.45) is 5.92 Å². The zero-order valence-corrected chi connectivity index (χ0v) is 21.7. The predicted octanol–water partition coefficient (Wildman–Crippen LogP) is 4.69. The molecule has 0 bridgehead atoms. The zero-order chi connectivity index (χ0) is 26.2. The number of urea groups is 1. The molecule has 2 aromatic carbocycles. The highest BCUT2D eigenvalue weighted by atomic mass is 19.1. The molecule has 0 saturated heterocycles. The van der Waals surface area contributed by atoms with Gasteiger partial charge in [-0.2, -0.15) is 0 Å². The van der Waals surface area contributed by atoms with Gasteiger partial charge in [-0.1, -0.05) is 26.0 Å². The monoisotopic (exact) mass is 500 g/mol. The average molecular weight is 501 g/mol. The first kappa shape index (κ1) is 27.4. The molecule has 0 aromatic heterocycles. The minimum atomic E-state index is -0.618. The van der Waals surface area contributed by atoms with Gasteiger partial charge < -0.3 is 25.0 Å². The fourth-order valence-electron chi connectivity index (χ4n) is 4.38.